The van der Waals surface area contributed by atoms with Gasteiger partial charge in [0.15, 0.2) is 18.9 Å². The number of rotatable bonds is 7. The summed E-state index contributed by atoms with van der Waals surface area (Å²) in [6, 6.07) is 0. The summed E-state index contributed by atoms with van der Waals surface area (Å²) < 4.78 is 34.7. The van der Waals surface area contributed by atoms with E-state index in [2.05, 4.69) is 0 Å². The zero-order valence-corrected chi connectivity index (χ0v) is 22.4. The fraction of sp³-hybridized carbons (Fsp3) is 1.00. The molecule has 0 bridgehead atoms. The van der Waals surface area contributed by atoms with Crippen molar-refractivity contribution in [2.45, 2.75) is 151 Å². The first-order valence-corrected chi connectivity index (χ1v) is 13.7. The molecule has 39 heavy (non-hydrogen) atoms. The van der Waals surface area contributed by atoms with Gasteiger partial charge in [0.05, 0.1) is 24.9 Å². The summed E-state index contributed by atoms with van der Waals surface area (Å²) >= 11 is 0. The smallest absolute Gasteiger partial charge is 0.187 e. The Kier molecular flexibility index (Phi) is 10.3. The van der Waals surface area contributed by atoms with Crippen LogP contribution in [0.5, 0.6) is 0 Å². The zero-order valence-electron chi connectivity index (χ0n) is 22.4. The molecule has 14 heteroatoms. The Morgan fingerprint density at radius 3 is 1.90 bits per heavy atom. The van der Waals surface area contributed by atoms with Gasteiger partial charge in [-0.25, -0.2) is 0 Å². The number of ether oxygens (including phenoxy) is 6. The standard InChI is InChI=1S/C25H44O14/c1-10-14(27)16(29)17(30)22(34-10)39-21-24(37-13(9-26)20(32)25(21,3)33)38-19-15(28)11(2)35-23(18(19)31)36-12-7-5-4-6-8-12/h10-24,26-33H,4-9H2,1-3H3/t10-,11+,13-,14-,15+,16+,17+,18-,19-,20-,21-,22-,23+,24-,25+/m1/s1. The van der Waals surface area contributed by atoms with E-state index >= 15 is 0 Å². The SMILES string of the molecule is C[C@@H]1O[C@@H](OC2CCCCC2)[C@H](O)[C@H](O[C@H]2O[C@H](CO)[C@@H](O)[C@](C)(O)[C@@H]2O[C@H]2O[C@H](C)[C@@H](O)[C@H](O)[C@@H]2O)[C@H]1O. The van der Waals surface area contributed by atoms with Crippen LogP contribution in [0.1, 0.15) is 52.9 Å². The summed E-state index contributed by atoms with van der Waals surface area (Å²) in [5.74, 6) is 0. The summed E-state index contributed by atoms with van der Waals surface area (Å²) in [5, 5.41) is 84.4. The summed E-state index contributed by atoms with van der Waals surface area (Å²) in [6.45, 7) is 3.51. The molecule has 228 valence electrons. The molecular formula is C25H44O14. The van der Waals surface area contributed by atoms with Gasteiger partial charge in [-0.2, -0.15) is 0 Å². The molecule has 0 aromatic heterocycles. The molecule has 1 saturated carbocycles. The summed E-state index contributed by atoms with van der Waals surface area (Å²) in [6.07, 6.45) is -15.2. The van der Waals surface area contributed by atoms with Gasteiger partial charge in [-0.1, -0.05) is 19.3 Å². The van der Waals surface area contributed by atoms with E-state index in [9.17, 15) is 40.9 Å². The Balaban J connectivity index is 1.56. The zero-order chi connectivity index (χ0) is 28.6. The van der Waals surface area contributed by atoms with Crippen LogP contribution in [0.4, 0.5) is 0 Å². The number of hydrogen-bond donors (Lipinski definition) is 8. The van der Waals surface area contributed by atoms with E-state index in [1.54, 1.807) is 6.92 Å². The summed E-state index contributed by atoms with van der Waals surface area (Å²) in [4.78, 5) is 0. The van der Waals surface area contributed by atoms with Crippen LogP contribution in [-0.2, 0) is 28.4 Å². The second kappa shape index (κ2) is 12.8. The molecule has 0 aromatic carbocycles. The molecule has 0 radical (unpaired) electrons. The first-order chi connectivity index (χ1) is 18.4. The number of hydrogen-bond acceptors (Lipinski definition) is 14. The summed E-state index contributed by atoms with van der Waals surface area (Å²) in [7, 11) is 0. The Hall–Kier alpha value is -0.560. The van der Waals surface area contributed by atoms with Gasteiger partial charge in [0, 0.05) is 0 Å². The summed E-state index contributed by atoms with van der Waals surface area (Å²) in [5.41, 5.74) is -2.17. The van der Waals surface area contributed by atoms with Crippen molar-refractivity contribution in [1.82, 2.24) is 0 Å². The Bertz CT molecular complexity index is 780. The van der Waals surface area contributed by atoms with Crippen molar-refractivity contribution in [2.75, 3.05) is 6.61 Å². The van der Waals surface area contributed by atoms with Crippen LogP contribution in [0.25, 0.3) is 0 Å². The van der Waals surface area contributed by atoms with E-state index in [-0.39, 0.29) is 6.10 Å². The van der Waals surface area contributed by atoms with Crippen LogP contribution in [0, 0.1) is 0 Å². The molecule has 1 aliphatic carbocycles. The highest BCUT2D eigenvalue weighted by molar-refractivity contribution is 5.02. The highest BCUT2D eigenvalue weighted by atomic mass is 16.8. The lowest BCUT2D eigenvalue weighted by atomic mass is 9.85. The maximum atomic E-state index is 11.3. The molecule has 4 fully saturated rings. The van der Waals surface area contributed by atoms with Gasteiger partial charge in [-0.05, 0) is 33.6 Å². The van der Waals surface area contributed by atoms with Crippen LogP contribution in [0.2, 0.25) is 0 Å². The number of aliphatic hydroxyl groups excluding tert-OH is 7. The normalized spacial score (nSPS) is 52.1. The topological polar surface area (TPSA) is 217 Å². The van der Waals surface area contributed by atoms with Gasteiger partial charge in [0.1, 0.15) is 60.5 Å². The fourth-order valence-electron chi connectivity index (χ4n) is 5.67. The molecule has 0 amide bonds. The van der Waals surface area contributed by atoms with Crippen LogP contribution in [0.3, 0.4) is 0 Å². The lowest BCUT2D eigenvalue weighted by Crippen LogP contribution is -2.70. The van der Waals surface area contributed by atoms with E-state index < -0.39 is 98.2 Å². The molecule has 3 heterocycles. The Morgan fingerprint density at radius 2 is 1.28 bits per heavy atom. The van der Waals surface area contributed by atoms with Crippen molar-refractivity contribution in [3.63, 3.8) is 0 Å². The van der Waals surface area contributed by atoms with E-state index in [4.69, 9.17) is 28.4 Å². The van der Waals surface area contributed by atoms with Gasteiger partial charge in [0.25, 0.3) is 0 Å². The average Bonchev–Trinajstić information content (AvgIpc) is 2.91. The molecule has 8 N–H and O–H groups in total. The highest BCUT2D eigenvalue weighted by Crippen LogP contribution is 2.37. The van der Waals surface area contributed by atoms with E-state index in [1.165, 1.54) is 13.8 Å². The predicted molar refractivity (Wildman–Crippen MR) is 129 cm³/mol. The van der Waals surface area contributed by atoms with Crippen LogP contribution < -0.4 is 0 Å². The second-order valence-corrected chi connectivity index (χ2v) is 11.3. The van der Waals surface area contributed by atoms with Crippen molar-refractivity contribution in [1.29, 1.82) is 0 Å². The third-order valence-corrected chi connectivity index (χ3v) is 8.30. The molecule has 4 rings (SSSR count). The Labute approximate surface area is 227 Å². The molecule has 3 saturated heterocycles. The van der Waals surface area contributed by atoms with Crippen molar-refractivity contribution in [2.24, 2.45) is 0 Å². The molecule has 0 aromatic rings. The monoisotopic (exact) mass is 568 g/mol. The largest absolute Gasteiger partial charge is 0.394 e. The third-order valence-electron chi connectivity index (χ3n) is 8.30. The van der Waals surface area contributed by atoms with Crippen LogP contribution in [0.15, 0.2) is 0 Å². The lowest BCUT2D eigenvalue weighted by Gasteiger charge is -2.51. The van der Waals surface area contributed by atoms with Crippen molar-refractivity contribution < 1.29 is 69.3 Å². The molecular weight excluding hydrogens is 524 g/mol. The minimum Gasteiger partial charge on any atom is -0.394 e. The number of aliphatic hydroxyl groups is 8. The highest BCUT2D eigenvalue weighted by Gasteiger charge is 2.58. The first-order valence-electron chi connectivity index (χ1n) is 13.7. The van der Waals surface area contributed by atoms with Gasteiger partial charge >= 0.3 is 0 Å². The molecule has 14 nitrogen and oxygen atoms in total. The van der Waals surface area contributed by atoms with Crippen molar-refractivity contribution >= 4 is 0 Å². The fourth-order valence-corrected chi connectivity index (χ4v) is 5.67. The van der Waals surface area contributed by atoms with Crippen LogP contribution >= 0.6 is 0 Å². The Morgan fingerprint density at radius 1 is 0.692 bits per heavy atom. The van der Waals surface area contributed by atoms with E-state index in [1.807, 2.05) is 0 Å². The molecule has 0 unspecified atom stereocenters. The maximum absolute atomic E-state index is 11.3. The minimum atomic E-state index is -2.17. The van der Waals surface area contributed by atoms with Gasteiger partial charge in [-0.3, -0.25) is 0 Å². The van der Waals surface area contributed by atoms with Crippen molar-refractivity contribution in [3.05, 3.63) is 0 Å². The molecule has 0 spiro atoms. The molecule has 4 aliphatic rings. The van der Waals surface area contributed by atoms with Gasteiger partial charge in [-0.15, -0.1) is 0 Å². The lowest BCUT2D eigenvalue weighted by molar-refractivity contribution is -0.401. The predicted octanol–water partition coefficient (Wildman–Crippen LogP) is -2.77. The third kappa shape index (κ3) is 6.44. The molecule has 15 atom stereocenters. The quantitative estimate of drug-likeness (QED) is 0.156. The van der Waals surface area contributed by atoms with Crippen molar-refractivity contribution in [3.8, 4) is 0 Å². The molecule has 3 aliphatic heterocycles. The first kappa shape index (κ1) is 31.4. The average molecular weight is 569 g/mol. The van der Waals surface area contributed by atoms with Crippen LogP contribution in [-0.4, -0.2) is 145 Å². The van der Waals surface area contributed by atoms with Gasteiger partial charge in [0.2, 0.25) is 0 Å². The maximum Gasteiger partial charge on any atom is 0.187 e. The van der Waals surface area contributed by atoms with E-state index in [0.29, 0.717) is 0 Å². The van der Waals surface area contributed by atoms with Gasteiger partial charge < -0.3 is 69.3 Å². The second-order valence-electron chi connectivity index (χ2n) is 11.3. The minimum absolute atomic E-state index is 0.133. The van der Waals surface area contributed by atoms with E-state index in [0.717, 1.165) is 32.1 Å².